The average Bonchev–Trinajstić information content (AvgIpc) is 2.47. The molecule has 1 amide bonds. The molecule has 1 fully saturated rings. The predicted molar refractivity (Wildman–Crippen MR) is 82.7 cm³/mol. The molecule has 0 aliphatic carbocycles. The van der Waals surface area contributed by atoms with Crippen LogP contribution in [0.1, 0.15) is 6.92 Å². The number of hydrogen-bond donors (Lipinski definition) is 2. The van der Waals surface area contributed by atoms with Gasteiger partial charge in [0.25, 0.3) is 0 Å². The van der Waals surface area contributed by atoms with Gasteiger partial charge in [0.2, 0.25) is 15.9 Å². The standard InChI is InChI=1S/C14H21N3O4S/c1-11(18)15-13-10-12(4-5-14(13)21-3)22(19,20)17-8-6-16(2)7-9-17/h4-5,10H,6-9H2,1-3H3,(H,15,18)/p+1. The number of carbonyl (C=O) groups is 1. The molecular formula is C14H22N3O4S+. The Hall–Kier alpha value is -1.64. The quantitative estimate of drug-likeness (QED) is 0.756. The number of anilines is 1. The molecule has 0 atom stereocenters. The Kier molecular flexibility index (Phi) is 5.05. The van der Waals surface area contributed by atoms with E-state index in [9.17, 15) is 13.2 Å². The zero-order valence-corrected chi connectivity index (χ0v) is 13.9. The summed E-state index contributed by atoms with van der Waals surface area (Å²) in [5.41, 5.74) is 0.357. The summed E-state index contributed by atoms with van der Waals surface area (Å²) in [5, 5.41) is 2.60. The number of amides is 1. The van der Waals surface area contributed by atoms with Gasteiger partial charge in [0.15, 0.2) is 0 Å². The second-order valence-electron chi connectivity index (χ2n) is 5.40. The number of nitrogens with zero attached hydrogens (tertiary/aromatic N) is 1. The van der Waals surface area contributed by atoms with Gasteiger partial charge in [0, 0.05) is 6.92 Å². The van der Waals surface area contributed by atoms with Crippen LogP contribution < -0.4 is 15.0 Å². The fraction of sp³-hybridized carbons (Fsp3) is 0.500. The van der Waals surface area contributed by atoms with Gasteiger partial charge in [-0.15, -0.1) is 0 Å². The SMILES string of the molecule is COc1ccc(S(=O)(=O)N2CC[NH+](C)CC2)cc1NC(C)=O. The Morgan fingerprint density at radius 1 is 1.32 bits per heavy atom. The number of ether oxygens (including phenoxy) is 1. The third kappa shape index (κ3) is 3.57. The molecule has 0 radical (unpaired) electrons. The number of likely N-dealkylation sites (N-methyl/N-ethyl adjacent to an activating group) is 1. The van der Waals surface area contributed by atoms with Crippen LogP contribution in [-0.4, -0.2) is 59.0 Å². The summed E-state index contributed by atoms with van der Waals surface area (Å²) in [6.45, 7) is 3.93. The molecule has 7 nitrogen and oxygen atoms in total. The van der Waals surface area contributed by atoms with Gasteiger partial charge in [-0.3, -0.25) is 4.79 Å². The number of quaternary nitrogens is 1. The van der Waals surface area contributed by atoms with Gasteiger partial charge in [-0.1, -0.05) is 0 Å². The highest BCUT2D eigenvalue weighted by Crippen LogP contribution is 2.28. The number of hydrogen-bond acceptors (Lipinski definition) is 4. The summed E-state index contributed by atoms with van der Waals surface area (Å²) < 4.78 is 32.0. The van der Waals surface area contributed by atoms with Crippen molar-refractivity contribution in [3.8, 4) is 5.75 Å². The third-order valence-corrected chi connectivity index (χ3v) is 5.59. The number of nitrogens with one attached hydrogen (secondary N) is 2. The number of piperazine rings is 1. The van der Waals surface area contributed by atoms with Crippen LogP contribution in [0.15, 0.2) is 23.1 Å². The Balaban J connectivity index is 2.32. The van der Waals surface area contributed by atoms with Crippen molar-refractivity contribution in [2.75, 3.05) is 45.7 Å². The molecule has 122 valence electrons. The molecule has 2 N–H and O–H groups in total. The van der Waals surface area contributed by atoms with Gasteiger partial charge >= 0.3 is 0 Å². The highest BCUT2D eigenvalue weighted by Gasteiger charge is 2.29. The zero-order chi connectivity index (χ0) is 16.3. The van der Waals surface area contributed by atoms with E-state index < -0.39 is 10.0 Å². The van der Waals surface area contributed by atoms with Crippen LogP contribution in [-0.2, 0) is 14.8 Å². The lowest BCUT2D eigenvalue weighted by molar-refractivity contribution is -0.883. The zero-order valence-electron chi connectivity index (χ0n) is 13.0. The number of rotatable bonds is 4. The number of carbonyl (C=O) groups excluding carboxylic acids is 1. The van der Waals surface area contributed by atoms with Crippen LogP contribution in [0.4, 0.5) is 5.69 Å². The first-order valence-corrected chi connectivity index (χ1v) is 8.55. The lowest BCUT2D eigenvalue weighted by Crippen LogP contribution is -3.12. The van der Waals surface area contributed by atoms with Crippen LogP contribution in [0.3, 0.4) is 0 Å². The van der Waals surface area contributed by atoms with Gasteiger partial charge in [0.05, 0.1) is 50.9 Å². The lowest BCUT2D eigenvalue weighted by atomic mass is 10.3. The Morgan fingerprint density at radius 2 is 1.95 bits per heavy atom. The molecule has 8 heteroatoms. The molecule has 1 aliphatic heterocycles. The predicted octanol–water partition coefficient (Wildman–Crippen LogP) is -0.827. The maximum absolute atomic E-state index is 12.7. The van der Waals surface area contributed by atoms with Crippen LogP contribution in [0.25, 0.3) is 0 Å². The van der Waals surface area contributed by atoms with E-state index in [1.807, 2.05) is 7.05 Å². The molecule has 0 spiro atoms. The van der Waals surface area contributed by atoms with Gasteiger partial charge in [-0.05, 0) is 18.2 Å². The van der Waals surface area contributed by atoms with Crippen molar-refractivity contribution in [1.82, 2.24) is 4.31 Å². The number of benzene rings is 1. The Labute approximate surface area is 130 Å². The molecule has 0 saturated carbocycles. The Bertz CT molecular complexity index is 652. The van der Waals surface area contributed by atoms with Crippen molar-refractivity contribution in [2.24, 2.45) is 0 Å². The number of sulfonamides is 1. The molecule has 22 heavy (non-hydrogen) atoms. The molecule has 0 aromatic heterocycles. The normalized spacial score (nSPS) is 17.2. The summed E-state index contributed by atoms with van der Waals surface area (Å²) in [5.74, 6) is 0.146. The van der Waals surface area contributed by atoms with E-state index in [1.54, 1.807) is 6.07 Å². The van der Waals surface area contributed by atoms with Crippen molar-refractivity contribution in [3.05, 3.63) is 18.2 Å². The van der Waals surface area contributed by atoms with Gasteiger partial charge in [-0.2, -0.15) is 4.31 Å². The number of methoxy groups -OCH3 is 1. The van der Waals surface area contributed by atoms with Crippen LogP contribution in [0.2, 0.25) is 0 Å². The summed E-state index contributed by atoms with van der Waals surface area (Å²) in [6, 6.07) is 4.50. The molecular weight excluding hydrogens is 306 g/mol. The highest BCUT2D eigenvalue weighted by atomic mass is 32.2. The van der Waals surface area contributed by atoms with Crippen molar-refractivity contribution < 1.29 is 22.8 Å². The monoisotopic (exact) mass is 328 g/mol. The van der Waals surface area contributed by atoms with Crippen LogP contribution >= 0.6 is 0 Å². The molecule has 0 bridgehead atoms. The third-order valence-electron chi connectivity index (χ3n) is 3.70. The molecule has 1 aromatic rings. The van der Waals surface area contributed by atoms with E-state index in [4.69, 9.17) is 4.74 Å². The van der Waals surface area contributed by atoms with E-state index in [2.05, 4.69) is 5.32 Å². The fourth-order valence-electron chi connectivity index (χ4n) is 2.39. The minimum absolute atomic E-state index is 0.164. The fourth-order valence-corrected chi connectivity index (χ4v) is 3.86. The van der Waals surface area contributed by atoms with Crippen molar-refractivity contribution in [1.29, 1.82) is 0 Å². The van der Waals surface area contributed by atoms with Gasteiger partial charge in [0.1, 0.15) is 5.75 Å². The first kappa shape index (κ1) is 16.7. The maximum Gasteiger partial charge on any atom is 0.243 e. The van der Waals surface area contributed by atoms with Crippen molar-refractivity contribution in [2.45, 2.75) is 11.8 Å². The topological polar surface area (TPSA) is 80.2 Å². The lowest BCUT2D eigenvalue weighted by Gasteiger charge is -2.29. The summed E-state index contributed by atoms with van der Waals surface area (Å²) >= 11 is 0. The second kappa shape index (κ2) is 6.64. The largest absolute Gasteiger partial charge is 0.495 e. The van der Waals surface area contributed by atoms with Gasteiger partial charge < -0.3 is 15.0 Å². The van der Waals surface area contributed by atoms with E-state index in [1.165, 1.54) is 35.4 Å². The second-order valence-corrected chi connectivity index (χ2v) is 7.34. The summed E-state index contributed by atoms with van der Waals surface area (Å²) in [4.78, 5) is 12.7. The Morgan fingerprint density at radius 3 is 2.50 bits per heavy atom. The maximum atomic E-state index is 12.7. The van der Waals surface area contributed by atoms with E-state index in [0.29, 0.717) is 24.5 Å². The van der Waals surface area contributed by atoms with Crippen molar-refractivity contribution >= 4 is 21.6 Å². The molecule has 0 unspecified atom stereocenters. The first-order chi connectivity index (χ1) is 10.3. The van der Waals surface area contributed by atoms with Crippen LogP contribution in [0, 0.1) is 0 Å². The molecule has 1 saturated heterocycles. The minimum atomic E-state index is -3.56. The highest BCUT2D eigenvalue weighted by molar-refractivity contribution is 7.89. The smallest absolute Gasteiger partial charge is 0.243 e. The van der Waals surface area contributed by atoms with E-state index >= 15 is 0 Å². The average molecular weight is 328 g/mol. The molecule has 1 aromatic carbocycles. The van der Waals surface area contributed by atoms with Gasteiger partial charge in [-0.25, -0.2) is 8.42 Å². The summed E-state index contributed by atoms with van der Waals surface area (Å²) in [7, 11) is -0.0374. The molecule has 1 heterocycles. The first-order valence-electron chi connectivity index (χ1n) is 7.11. The molecule has 2 rings (SSSR count). The van der Waals surface area contributed by atoms with E-state index in [-0.39, 0.29) is 10.8 Å². The van der Waals surface area contributed by atoms with Crippen LogP contribution in [0.5, 0.6) is 5.75 Å². The minimum Gasteiger partial charge on any atom is -0.495 e. The molecule has 1 aliphatic rings. The summed E-state index contributed by atoms with van der Waals surface area (Å²) in [6.07, 6.45) is 0. The van der Waals surface area contributed by atoms with Crippen molar-refractivity contribution in [3.63, 3.8) is 0 Å². The van der Waals surface area contributed by atoms with E-state index in [0.717, 1.165) is 13.1 Å².